The predicted octanol–water partition coefficient (Wildman–Crippen LogP) is 3.27. The maximum absolute atomic E-state index is 13.9. The molecule has 22 heavy (non-hydrogen) atoms. The van der Waals surface area contributed by atoms with E-state index in [0.717, 1.165) is 37.8 Å². The maximum Gasteiger partial charge on any atom is 0.323 e. The van der Waals surface area contributed by atoms with Crippen molar-refractivity contribution in [1.29, 1.82) is 0 Å². The summed E-state index contributed by atoms with van der Waals surface area (Å²) in [5.74, 6) is -0.699. The highest BCUT2D eigenvalue weighted by Crippen LogP contribution is 2.41. The zero-order valence-corrected chi connectivity index (χ0v) is 12.7. The van der Waals surface area contributed by atoms with Gasteiger partial charge in [0.25, 0.3) is 0 Å². The summed E-state index contributed by atoms with van der Waals surface area (Å²) in [5.41, 5.74) is 0.306. The number of carbonyl (C=O) groups excluding carboxylic acids is 1. The number of hydrogen-bond acceptors (Lipinski definition) is 3. The first-order valence-electron chi connectivity index (χ1n) is 7.87. The van der Waals surface area contributed by atoms with Crippen molar-refractivity contribution in [3.63, 3.8) is 0 Å². The van der Waals surface area contributed by atoms with E-state index in [1.807, 2.05) is 4.90 Å². The lowest BCUT2D eigenvalue weighted by molar-refractivity contribution is -0.146. The molecule has 5 heteroatoms. The van der Waals surface area contributed by atoms with Crippen molar-refractivity contribution in [1.82, 2.24) is 4.90 Å². The molecule has 0 bridgehead atoms. The lowest BCUT2D eigenvalue weighted by Crippen LogP contribution is -2.42. The van der Waals surface area contributed by atoms with Gasteiger partial charge in [0.1, 0.15) is 17.7 Å². The molecule has 2 fully saturated rings. The van der Waals surface area contributed by atoms with E-state index in [9.17, 15) is 13.6 Å². The van der Waals surface area contributed by atoms with E-state index in [2.05, 4.69) is 0 Å². The van der Waals surface area contributed by atoms with Gasteiger partial charge in [0.2, 0.25) is 0 Å². The average molecular weight is 309 g/mol. The van der Waals surface area contributed by atoms with Crippen molar-refractivity contribution in [3.05, 3.63) is 35.4 Å². The Kier molecular flexibility index (Phi) is 4.43. The van der Waals surface area contributed by atoms with E-state index in [-0.39, 0.29) is 24.6 Å². The molecule has 1 aliphatic carbocycles. The molecule has 0 aromatic heterocycles. The summed E-state index contributed by atoms with van der Waals surface area (Å²) in [6, 6.07) is 3.40. The molecule has 3 rings (SSSR count). The van der Waals surface area contributed by atoms with Crippen LogP contribution in [0.25, 0.3) is 0 Å². The number of rotatable bonds is 3. The minimum Gasteiger partial charge on any atom is -0.468 e. The molecule has 3 unspecified atom stereocenters. The molecular weight excluding hydrogens is 288 g/mol. The number of likely N-dealkylation sites (tertiary alicyclic amines) is 1. The lowest BCUT2D eigenvalue weighted by Gasteiger charge is -2.33. The number of halogens is 2. The van der Waals surface area contributed by atoms with Crippen molar-refractivity contribution >= 4 is 5.97 Å². The van der Waals surface area contributed by atoms with E-state index in [4.69, 9.17) is 4.74 Å². The number of benzene rings is 1. The Morgan fingerprint density at radius 1 is 1.32 bits per heavy atom. The second-order valence-corrected chi connectivity index (χ2v) is 6.29. The Morgan fingerprint density at radius 2 is 2.09 bits per heavy atom. The topological polar surface area (TPSA) is 29.5 Å². The van der Waals surface area contributed by atoms with Gasteiger partial charge in [-0.25, -0.2) is 8.78 Å². The second kappa shape index (κ2) is 6.32. The van der Waals surface area contributed by atoms with E-state index in [1.165, 1.54) is 19.6 Å². The molecule has 0 N–H and O–H groups in total. The first-order valence-corrected chi connectivity index (χ1v) is 7.87. The molecule has 1 aromatic carbocycles. The quantitative estimate of drug-likeness (QED) is 0.803. The fraction of sp³-hybridized carbons (Fsp3) is 0.588. The van der Waals surface area contributed by atoms with Crippen LogP contribution in [0.3, 0.4) is 0 Å². The molecule has 2 aliphatic rings. The number of carbonyl (C=O) groups is 1. The van der Waals surface area contributed by atoms with Gasteiger partial charge in [0, 0.05) is 18.2 Å². The molecule has 1 heterocycles. The maximum atomic E-state index is 13.9. The van der Waals surface area contributed by atoms with Crippen LogP contribution >= 0.6 is 0 Å². The third kappa shape index (κ3) is 2.86. The Morgan fingerprint density at radius 3 is 2.86 bits per heavy atom. The average Bonchev–Trinajstić information content (AvgIpc) is 2.89. The Labute approximate surface area is 129 Å². The van der Waals surface area contributed by atoms with Crippen molar-refractivity contribution in [2.45, 2.75) is 50.7 Å². The van der Waals surface area contributed by atoms with Gasteiger partial charge in [-0.1, -0.05) is 12.8 Å². The fourth-order valence-electron chi connectivity index (χ4n) is 4.01. The molecular formula is C17H21F2NO2. The Bertz CT molecular complexity index is 564. The molecule has 120 valence electrons. The molecule has 3 nitrogen and oxygen atoms in total. The second-order valence-electron chi connectivity index (χ2n) is 6.29. The first-order chi connectivity index (χ1) is 10.6. The van der Waals surface area contributed by atoms with E-state index < -0.39 is 11.6 Å². The summed E-state index contributed by atoms with van der Waals surface area (Å²) in [6.07, 6.45) is 5.16. The molecule has 1 aliphatic heterocycles. The van der Waals surface area contributed by atoms with Crippen LogP contribution in [0.2, 0.25) is 0 Å². The zero-order valence-electron chi connectivity index (χ0n) is 12.7. The van der Waals surface area contributed by atoms with Gasteiger partial charge in [-0.3, -0.25) is 9.69 Å². The van der Waals surface area contributed by atoms with Crippen LogP contribution in [0.15, 0.2) is 18.2 Å². The van der Waals surface area contributed by atoms with Crippen LogP contribution in [0.5, 0.6) is 0 Å². The Balaban J connectivity index is 1.86. The van der Waals surface area contributed by atoms with Crippen LogP contribution in [0.4, 0.5) is 8.78 Å². The van der Waals surface area contributed by atoms with Crippen LogP contribution in [0.1, 0.15) is 37.7 Å². The van der Waals surface area contributed by atoms with E-state index in [1.54, 1.807) is 0 Å². The smallest absolute Gasteiger partial charge is 0.323 e. The summed E-state index contributed by atoms with van der Waals surface area (Å²) in [6.45, 7) is 0.254. The monoisotopic (exact) mass is 309 g/mol. The molecule has 0 radical (unpaired) electrons. The minimum atomic E-state index is -0.453. The number of esters is 1. The van der Waals surface area contributed by atoms with Crippen LogP contribution in [-0.2, 0) is 16.1 Å². The van der Waals surface area contributed by atoms with Crippen LogP contribution in [0, 0.1) is 17.6 Å². The van der Waals surface area contributed by atoms with Crippen LogP contribution in [-0.4, -0.2) is 30.1 Å². The third-order valence-corrected chi connectivity index (χ3v) is 5.06. The number of nitrogens with zero attached hydrogens (tertiary/aromatic N) is 1. The molecule has 1 saturated heterocycles. The number of fused-ring (bicyclic) bond motifs is 1. The highest BCUT2D eigenvalue weighted by molar-refractivity contribution is 5.76. The third-order valence-electron chi connectivity index (χ3n) is 5.06. The SMILES string of the molecule is COC(=O)C1CC2CCCCC2N1Cc1cc(F)ccc1F. The molecule has 1 aromatic rings. The number of ether oxygens (including phenoxy) is 1. The highest BCUT2D eigenvalue weighted by Gasteiger charge is 2.45. The normalized spacial score (nSPS) is 28.4. The Hall–Kier alpha value is -1.49. The summed E-state index contributed by atoms with van der Waals surface area (Å²) in [5, 5.41) is 0. The summed E-state index contributed by atoms with van der Waals surface area (Å²) < 4.78 is 32.3. The summed E-state index contributed by atoms with van der Waals surface area (Å²) in [4.78, 5) is 14.1. The fourth-order valence-corrected chi connectivity index (χ4v) is 4.01. The number of methoxy groups -OCH3 is 1. The largest absolute Gasteiger partial charge is 0.468 e. The van der Waals surface area contributed by atoms with Crippen molar-refractivity contribution < 1.29 is 18.3 Å². The van der Waals surface area contributed by atoms with E-state index in [0.29, 0.717) is 11.5 Å². The van der Waals surface area contributed by atoms with E-state index >= 15 is 0 Å². The molecule has 0 amide bonds. The highest BCUT2D eigenvalue weighted by atomic mass is 19.1. The van der Waals surface area contributed by atoms with Gasteiger partial charge in [0.15, 0.2) is 0 Å². The van der Waals surface area contributed by atoms with Gasteiger partial charge < -0.3 is 4.74 Å². The van der Waals surface area contributed by atoms with Gasteiger partial charge in [0.05, 0.1) is 7.11 Å². The minimum absolute atomic E-state index is 0.254. The van der Waals surface area contributed by atoms with Crippen molar-refractivity contribution in [2.24, 2.45) is 5.92 Å². The van der Waals surface area contributed by atoms with Gasteiger partial charge in [-0.15, -0.1) is 0 Å². The lowest BCUT2D eigenvalue weighted by atomic mass is 9.84. The predicted molar refractivity (Wildman–Crippen MR) is 78.1 cm³/mol. The van der Waals surface area contributed by atoms with Gasteiger partial charge >= 0.3 is 5.97 Å². The summed E-state index contributed by atoms with van der Waals surface area (Å²) in [7, 11) is 1.38. The number of hydrogen-bond donors (Lipinski definition) is 0. The van der Waals surface area contributed by atoms with Crippen molar-refractivity contribution in [3.8, 4) is 0 Å². The molecule has 1 saturated carbocycles. The van der Waals surface area contributed by atoms with Crippen molar-refractivity contribution in [2.75, 3.05) is 7.11 Å². The summed E-state index contributed by atoms with van der Waals surface area (Å²) >= 11 is 0. The standard InChI is InChI=1S/C17H21F2NO2/c1-22-17(21)16-9-11-4-2-3-5-15(11)20(16)10-12-8-13(18)6-7-14(12)19/h6-8,11,15-16H,2-5,9-10H2,1H3. The molecule has 0 spiro atoms. The molecule has 3 atom stereocenters. The first kappa shape index (κ1) is 15.4. The zero-order chi connectivity index (χ0) is 15.7. The van der Waals surface area contributed by atoms with Gasteiger partial charge in [-0.2, -0.15) is 0 Å². The van der Waals surface area contributed by atoms with Crippen LogP contribution < -0.4 is 0 Å². The van der Waals surface area contributed by atoms with Gasteiger partial charge in [-0.05, 0) is 43.4 Å².